The molecular weight excluding hydrogens is 208 g/mol. The van der Waals surface area contributed by atoms with Crippen LogP contribution >= 0.6 is 12.2 Å². The maximum atomic E-state index is 5.07. The third-order valence-corrected chi connectivity index (χ3v) is 1.88. The van der Waals surface area contributed by atoms with Crippen LogP contribution in [0.1, 0.15) is 5.56 Å². The number of rotatable bonds is 4. The van der Waals surface area contributed by atoms with Crippen molar-refractivity contribution in [2.45, 2.75) is 0 Å². The minimum atomic E-state index is 0.364. The van der Waals surface area contributed by atoms with Crippen LogP contribution in [0.4, 0.5) is 0 Å². The molecule has 0 aliphatic heterocycles. The lowest BCUT2D eigenvalue weighted by Gasteiger charge is -2.05. The Hall–Kier alpha value is -1.43. The summed E-state index contributed by atoms with van der Waals surface area (Å²) in [7, 11) is 0. The molecule has 5 N–H and O–H groups in total. The largest absolute Gasteiger partial charge is 0.300 e. The van der Waals surface area contributed by atoms with Gasteiger partial charge in [-0.15, -0.1) is 0 Å². The van der Waals surface area contributed by atoms with Crippen molar-refractivity contribution in [2.24, 2.45) is 5.84 Å². The molecule has 0 saturated carbocycles. The third-order valence-electron chi connectivity index (χ3n) is 1.66. The van der Waals surface area contributed by atoms with Crippen LogP contribution in [-0.2, 0) is 0 Å². The molecule has 0 fully saturated rings. The monoisotopic (exact) mass is 222 g/mol. The van der Waals surface area contributed by atoms with E-state index in [1.807, 2.05) is 42.5 Å². The highest BCUT2D eigenvalue weighted by Crippen LogP contribution is 1.99. The second kappa shape index (κ2) is 6.94. The average molecular weight is 222 g/mol. The molecule has 0 bridgehead atoms. The normalized spacial score (nSPS) is 10.2. The molecule has 0 aromatic heterocycles. The van der Waals surface area contributed by atoms with E-state index in [1.165, 1.54) is 5.56 Å². The molecule has 1 aromatic carbocycles. The van der Waals surface area contributed by atoms with E-state index in [2.05, 4.69) is 16.3 Å². The van der Waals surface area contributed by atoms with Crippen LogP contribution < -0.4 is 22.1 Å². The first-order valence-corrected chi connectivity index (χ1v) is 4.95. The van der Waals surface area contributed by atoms with Crippen molar-refractivity contribution in [3.63, 3.8) is 0 Å². The average Bonchev–Trinajstić information content (AvgIpc) is 2.29. The van der Waals surface area contributed by atoms with Gasteiger partial charge in [0.1, 0.15) is 0 Å². The summed E-state index contributed by atoms with van der Waals surface area (Å²) in [6.07, 6.45) is 4.01. The number of hydrogen-bond donors (Lipinski definition) is 4. The molecule has 80 valence electrons. The van der Waals surface area contributed by atoms with Crippen LogP contribution in [0, 0.1) is 0 Å². The van der Waals surface area contributed by atoms with Crippen molar-refractivity contribution < 1.29 is 0 Å². The van der Waals surface area contributed by atoms with Gasteiger partial charge in [0, 0.05) is 6.54 Å². The van der Waals surface area contributed by atoms with E-state index in [0.29, 0.717) is 11.7 Å². The predicted molar refractivity (Wildman–Crippen MR) is 66.5 cm³/mol. The molecule has 0 heterocycles. The molecular formula is C10H14N4S. The van der Waals surface area contributed by atoms with Gasteiger partial charge in [0.25, 0.3) is 0 Å². The van der Waals surface area contributed by atoms with Gasteiger partial charge < -0.3 is 0 Å². The zero-order chi connectivity index (χ0) is 10.9. The van der Waals surface area contributed by atoms with Crippen molar-refractivity contribution in [1.82, 2.24) is 16.3 Å². The Morgan fingerprint density at radius 2 is 2.07 bits per heavy atom. The van der Waals surface area contributed by atoms with E-state index in [4.69, 9.17) is 18.1 Å². The number of thiocarbonyl (C=S) groups is 1. The van der Waals surface area contributed by atoms with Crippen molar-refractivity contribution in [3.05, 3.63) is 42.0 Å². The first-order chi connectivity index (χ1) is 7.33. The molecule has 0 aliphatic rings. The molecule has 0 atom stereocenters. The zero-order valence-corrected chi connectivity index (χ0v) is 9.05. The van der Waals surface area contributed by atoms with Crippen LogP contribution in [0.25, 0.3) is 6.08 Å². The van der Waals surface area contributed by atoms with Gasteiger partial charge in [0.2, 0.25) is 0 Å². The number of hydrazine groups is 2. The summed E-state index contributed by atoms with van der Waals surface area (Å²) in [6.45, 7) is 0.663. The quantitative estimate of drug-likeness (QED) is 0.259. The fourth-order valence-electron chi connectivity index (χ4n) is 0.985. The fraction of sp³-hybridized carbons (Fsp3) is 0.100. The number of benzene rings is 1. The van der Waals surface area contributed by atoms with Gasteiger partial charge in [-0.3, -0.25) is 10.9 Å². The van der Waals surface area contributed by atoms with Gasteiger partial charge in [0.05, 0.1) is 0 Å². The van der Waals surface area contributed by atoms with E-state index in [1.54, 1.807) is 0 Å². The van der Waals surface area contributed by atoms with Crippen LogP contribution in [0.15, 0.2) is 36.4 Å². The molecule has 0 saturated heterocycles. The lowest BCUT2D eigenvalue weighted by atomic mass is 10.2. The van der Waals surface area contributed by atoms with E-state index >= 15 is 0 Å². The molecule has 4 nitrogen and oxygen atoms in total. The molecule has 0 aliphatic carbocycles. The van der Waals surface area contributed by atoms with Crippen LogP contribution in [0.3, 0.4) is 0 Å². The number of nitrogens with one attached hydrogen (secondary N) is 3. The number of hydrogen-bond acceptors (Lipinski definition) is 3. The molecule has 0 radical (unpaired) electrons. The lowest BCUT2D eigenvalue weighted by molar-refractivity contribution is 0.701. The molecule has 1 aromatic rings. The van der Waals surface area contributed by atoms with Crippen LogP contribution in [0.5, 0.6) is 0 Å². The molecule has 15 heavy (non-hydrogen) atoms. The highest BCUT2D eigenvalue weighted by molar-refractivity contribution is 7.80. The van der Waals surface area contributed by atoms with Crippen LogP contribution in [-0.4, -0.2) is 11.7 Å². The summed E-state index contributed by atoms with van der Waals surface area (Å²) in [5, 5.41) is 0.364. The predicted octanol–water partition coefficient (Wildman–Crippen LogP) is 0.542. The molecule has 0 spiro atoms. The highest BCUT2D eigenvalue weighted by atomic mass is 32.1. The van der Waals surface area contributed by atoms with Crippen molar-refractivity contribution in [3.8, 4) is 0 Å². The summed E-state index contributed by atoms with van der Waals surface area (Å²) >= 11 is 4.76. The minimum absolute atomic E-state index is 0.364. The van der Waals surface area contributed by atoms with Gasteiger partial charge in [-0.25, -0.2) is 11.3 Å². The second-order valence-electron chi connectivity index (χ2n) is 2.79. The standard InChI is InChI=1S/C10H14N4S/c11-13-10(15)14-12-8-4-7-9-5-2-1-3-6-9/h1-7,12H,8,11H2,(H2,13,14,15)/b7-4+. The lowest BCUT2D eigenvalue weighted by Crippen LogP contribution is -2.46. The van der Waals surface area contributed by atoms with Gasteiger partial charge in [-0.2, -0.15) is 0 Å². The first-order valence-electron chi connectivity index (χ1n) is 4.54. The summed E-state index contributed by atoms with van der Waals surface area (Å²) in [5.41, 5.74) is 9.07. The topological polar surface area (TPSA) is 62.1 Å². The van der Waals surface area contributed by atoms with E-state index in [9.17, 15) is 0 Å². The van der Waals surface area contributed by atoms with Crippen molar-refractivity contribution >= 4 is 23.4 Å². The summed E-state index contributed by atoms with van der Waals surface area (Å²) < 4.78 is 0. The van der Waals surface area contributed by atoms with Crippen molar-refractivity contribution in [1.29, 1.82) is 0 Å². The molecule has 0 amide bonds. The Labute approximate surface area is 94.5 Å². The Morgan fingerprint density at radius 1 is 1.33 bits per heavy atom. The van der Waals surface area contributed by atoms with Gasteiger partial charge in [-0.1, -0.05) is 42.5 Å². The SMILES string of the molecule is NNC(=S)NNC/C=C/c1ccccc1. The summed E-state index contributed by atoms with van der Waals surface area (Å²) in [4.78, 5) is 0. The van der Waals surface area contributed by atoms with E-state index < -0.39 is 0 Å². The third kappa shape index (κ3) is 5.11. The molecule has 1 rings (SSSR count). The smallest absolute Gasteiger partial charge is 0.195 e. The van der Waals surface area contributed by atoms with Gasteiger partial charge in [-0.05, 0) is 17.8 Å². The zero-order valence-electron chi connectivity index (χ0n) is 8.23. The van der Waals surface area contributed by atoms with E-state index in [-0.39, 0.29) is 0 Å². The van der Waals surface area contributed by atoms with E-state index in [0.717, 1.165) is 0 Å². The Kier molecular flexibility index (Phi) is 5.39. The number of nitrogens with two attached hydrogens (primary N) is 1. The summed E-state index contributed by atoms with van der Waals surface area (Å²) in [5.74, 6) is 5.07. The molecule has 5 heteroatoms. The Balaban J connectivity index is 2.20. The van der Waals surface area contributed by atoms with Crippen molar-refractivity contribution in [2.75, 3.05) is 6.54 Å². The maximum absolute atomic E-state index is 5.07. The Morgan fingerprint density at radius 3 is 2.73 bits per heavy atom. The highest BCUT2D eigenvalue weighted by Gasteiger charge is 1.86. The first kappa shape index (κ1) is 11.6. The fourth-order valence-corrected chi connectivity index (χ4v) is 1.06. The second-order valence-corrected chi connectivity index (χ2v) is 3.20. The van der Waals surface area contributed by atoms with Gasteiger partial charge >= 0.3 is 0 Å². The minimum Gasteiger partial charge on any atom is -0.300 e. The van der Waals surface area contributed by atoms with Crippen LogP contribution in [0.2, 0.25) is 0 Å². The Bertz CT molecular complexity index is 323. The molecule has 0 unspecified atom stereocenters. The summed E-state index contributed by atoms with van der Waals surface area (Å²) in [6, 6.07) is 10.1. The van der Waals surface area contributed by atoms with Gasteiger partial charge in [0.15, 0.2) is 5.11 Å². The maximum Gasteiger partial charge on any atom is 0.195 e.